The van der Waals surface area contributed by atoms with Crippen molar-refractivity contribution in [2.24, 2.45) is 5.10 Å². The summed E-state index contributed by atoms with van der Waals surface area (Å²) in [7, 11) is -4.15. The van der Waals surface area contributed by atoms with Gasteiger partial charge in [-0.2, -0.15) is 5.10 Å². The van der Waals surface area contributed by atoms with Crippen LogP contribution in [0.2, 0.25) is 10.0 Å². The third kappa shape index (κ3) is 9.31. The normalized spacial score (nSPS) is 11.2. The fraction of sp³-hybridized carbons (Fsp3) is 0.129. The number of carbonyl (C=O) groups is 2. The van der Waals surface area contributed by atoms with E-state index < -0.39 is 22.5 Å². The first-order chi connectivity index (χ1) is 20.6. The van der Waals surface area contributed by atoms with Gasteiger partial charge in [0.1, 0.15) is 12.3 Å². The molecular weight excluding hydrogens is 611 g/mol. The van der Waals surface area contributed by atoms with E-state index in [4.69, 9.17) is 27.9 Å². The van der Waals surface area contributed by atoms with Crippen molar-refractivity contribution < 1.29 is 22.7 Å². The van der Waals surface area contributed by atoms with Crippen LogP contribution in [0, 0.1) is 6.92 Å². The van der Waals surface area contributed by atoms with E-state index >= 15 is 0 Å². The molecule has 9 nitrogen and oxygen atoms in total. The molecule has 0 aliphatic heterocycles. The molecule has 0 saturated carbocycles. The summed E-state index contributed by atoms with van der Waals surface area (Å²) in [6, 6.07) is 26.8. The van der Waals surface area contributed by atoms with Crippen LogP contribution in [0.4, 0.5) is 5.69 Å². The highest BCUT2D eigenvalue weighted by Gasteiger charge is 2.27. The second kappa shape index (κ2) is 14.7. The highest BCUT2D eigenvalue weighted by Crippen LogP contribution is 2.29. The molecule has 0 aliphatic carbocycles. The number of hydrogen-bond acceptors (Lipinski definition) is 6. The largest absolute Gasteiger partial charge is 0.484 e. The molecule has 0 aromatic heterocycles. The van der Waals surface area contributed by atoms with Crippen molar-refractivity contribution in [1.29, 1.82) is 0 Å². The van der Waals surface area contributed by atoms with Crippen LogP contribution in [0.1, 0.15) is 16.7 Å². The third-order valence-corrected chi connectivity index (χ3v) is 8.24. The number of hydrazone groups is 1. The molecule has 0 fully saturated rings. The van der Waals surface area contributed by atoms with Crippen LogP contribution in [0.15, 0.2) is 107 Å². The Morgan fingerprint density at radius 2 is 1.53 bits per heavy atom. The monoisotopic (exact) mass is 638 g/mol. The number of rotatable bonds is 12. The molecule has 4 aromatic carbocycles. The van der Waals surface area contributed by atoms with Crippen molar-refractivity contribution >= 4 is 56.9 Å². The zero-order chi connectivity index (χ0) is 30.8. The molecule has 0 bridgehead atoms. The topological polar surface area (TPSA) is 117 Å². The van der Waals surface area contributed by atoms with Crippen LogP contribution >= 0.6 is 23.2 Å². The van der Waals surface area contributed by atoms with Gasteiger partial charge in [-0.1, -0.05) is 71.2 Å². The zero-order valence-corrected chi connectivity index (χ0v) is 25.4. The van der Waals surface area contributed by atoms with Crippen molar-refractivity contribution in [3.05, 3.63) is 124 Å². The molecule has 0 saturated heterocycles. The first-order valence-corrected chi connectivity index (χ1v) is 15.2. The van der Waals surface area contributed by atoms with Crippen molar-refractivity contribution in [3.8, 4) is 5.75 Å². The molecule has 0 unspecified atom stereocenters. The Morgan fingerprint density at radius 1 is 0.884 bits per heavy atom. The predicted molar refractivity (Wildman–Crippen MR) is 168 cm³/mol. The number of aryl methyl sites for hydroxylation is 1. The van der Waals surface area contributed by atoms with Crippen LogP contribution in [-0.2, 0) is 26.2 Å². The number of benzene rings is 4. The van der Waals surface area contributed by atoms with E-state index in [2.05, 4.69) is 15.8 Å². The van der Waals surface area contributed by atoms with Crippen LogP contribution in [0.25, 0.3) is 0 Å². The fourth-order valence-electron chi connectivity index (χ4n) is 3.83. The second-order valence-corrected chi connectivity index (χ2v) is 12.1. The van der Waals surface area contributed by atoms with Gasteiger partial charge in [0.05, 0.1) is 16.8 Å². The highest BCUT2D eigenvalue weighted by atomic mass is 35.5. The van der Waals surface area contributed by atoms with Gasteiger partial charge in [0, 0.05) is 16.6 Å². The van der Waals surface area contributed by atoms with E-state index in [9.17, 15) is 18.0 Å². The Balaban J connectivity index is 1.35. The lowest BCUT2D eigenvalue weighted by atomic mass is 10.2. The quantitative estimate of drug-likeness (QED) is 0.160. The molecule has 0 radical (unpaired) electrons. The Labute approximate surface area is 260 Å². The molecule has 12 heteroatoms. The SMILES string of the molecule is Cc1ccc(S(=O)(=O)N(CC(=O)N/N=C\c2ccc(OCC(=O)NCc3ccccc3)cc2)c2cc(Cl)cc(Cl)c2)cc1. The Kier molecular flexibility index (Phi) is 10.8. The van der Waals surface area contributed by atoms with Crippen molar-refractivity contribution in [2.45, 2.75) is 18.4 Å². The number of halogens is 2. The number of nitrogens with zero attached hydrogens (tertiary/aromatic N) is 2. The van der Waals surface area contributed by atoms with Gasteiger partial charge in [0.25, 0.3) is 21.8 Å². The smallest absolute Gasteiger partial charge is 0.264 e. The minimum Gasteiger partial charge on any atom is -0.484 e. The van der Waals surface area contributed by atoms with Gasteiger partial charge >= 0.3 is 0 Å². The van der Waals surface area contributed by atoms with Gasteiger partial charge in [0.15, 0.2) is 6.61 Å². The minimum absolute atomic E-state index is 0.00137. The number of amides is 2. The second-order valence-electron chi connectivity index (χ2n) is 9.37. The molecule has 4 aromatic rings. The van der Waals surface area contributed by atoms with E-state index in [0.29, 0.717) is 17.9 Å². The average molecular weight is 640 g/mol. The van der Waals surface area contributed by atoms with Crippen LogP contribution < -0.4 is 19.8 Å². The summed E-state index contributed by atoms with van der Waals surface area (Å²) in [5.41, 5.74) is 4.98. The van der Waals surface area contributed by atoms with Crippen molar-refractivity contribution in [3.63, 3.8) is 0 Å². The lowest BCUT2D eigenvalue weighted by Gasteiger charge is -2.24. The lowest BCUT2D eigenvalue weighted by molar-refractivity contribution is -0.123. The van der Waals surface area contributed by atoms with E-state index in [1.54, 1.807) is 36.4 Å². The maximum absolute atomic E-state index is 13.5. The highest BCUT2D eigenvalue weighted by molar-refractivity contribution is 7.92. The van der Waals surface area contributed by atoms with Crippen LogP contribution in [-0.4, -0.2) is 39.6 Å². The van der Waals surface area contributed by atoms with E-state index in [1.807, 2.05) is 37.3 Å². The number of ether oxygens (including phenoxy) is 1. The molecule has 0 heterocycles. The number of carbonyl (C=O) groups excluding carboxylic acids is 2. The summed E-state index contributed by atoms with van der Waals surface area (Å²) in [6.45, 7) is 1.52. The maximum Gasteiger partial charge on any atom is 0.264 e. The number of nitrogens with one attached hydrogen (secondary N) is 2. The molecule has 43 heavy (non-hydrogen) atoms. The Morgan fingerprint density at radius 3 is 2.19 bits per heavy atom. The van der Waals surface area contributed by atoms with Gasteiger partial charge in [-0.05, 0) is 72.6 Å². The molecular formula is C31H28Cl2N4O5S. The number of sulfonamides is 1. The van der Waals surface area contributed by atoms with Gasteiger partial charge in [-0.15, -0.1) is 0 Å². The summed E-state index contributed by atoms with van der Waals surface area (Å²) in [4.78, 5) is 24.9. The molecule has 2 N–H and O–H groups in total. The van der Waals surface area contributed by atoms with Gasteiger partial charge in [-0.3, -0.25) is 13.9 Å². The van der Waals surface area contributed by atoms with E-state index in [0.717, 1.165) is 15.4 Å². The summed E-state index contributed by atoms with van der Waals surface area (Å²) < 4.78 is 33.5. The third-order valence-electron chi connectivity index (χ3n) is 6.02. The van der Waals surface area contributed by atoms with Gasteiger partial charge in [0.2, 0.25) is 0 Å². The van der Waals surface area contributed by atoms with Crippen molar-refractivity contribution in [1.82, 2.24) is 10.7 Å². The molecule has 0 spiro atoms. The molecule has 0 aliphatic rings. The lowest BCUT2D eigenvalue weighted by Crippen LogP contribution is -2.39. The Hall–Kier alpha value is -4.38. The average Bonchev–Trinajstić information content (AvgIpc) is 2.98. The van der Waals surface area contributed by atoms with E-state index in [1.165, 1.54) is 36.5 Å². The molecule has 0 atom stereocenters. The van der Waals surface area contributed by atoms with Gasteiger partial charge < -0.3 is 10.1 Å². The summed E-state index contributed by atoms with van der Waals surface area (Å²) in [5, 5.41) is 7.16. The Bertz CT molecular complexity index is 1680. The summed E-state index contributed by atoms with van der Waals surface area (Å²) >= 11 is 12.2. The number of anilines is 1. The number of hydrogen-bond donors (Lipinski definition) is 2. The summed E-state index contributed by atoms with van der Waals surface area (Å²) in [6.07, 6.45) is 1.39. The zero-order valence-electron chi connectivity index (χ0n) is 23.0. The first-order valence-electron chi connectivity index (χ1n) is 13.0. The molecule has 4 rings (SSSR count). The maximum atomic E-state index is 13.5. The standard InChI is InChI=1S/C31H28Cl2N4O5S/c1-22-7-13-29(14-8-22)43(40,41)37(27-16-25(32)15-26(33)17-27)20-30(38)36-35-19-24-9-11-28(12-10-24)42-21-31(39)34-18-23-5-3-2-4-6-23/h2-17,19H,18,20-21H2,1H3,(H,34,39)(H,36,38)/b35-19-. The minimum atomic E-state index is -4.15. The van der Waals surface area contributed by atoms with E-state index in [-0.39, 0.29) is 33.1 Å². The van der Waals surface area contributed by atoms with Crippen molar-refractivity contribution in [2.75, 3.05) is 17.5 Å². The summed E-state index contributed by atoms with van der Waals surface area (Å²) in [5.74, 6) is -0.464. The fourth-order valence-corrected chi connectivity index (χ4v) is 5.75. The van der Waals surface area contributed by atoms with Crippen LogP contribution in [0.3, 0.4) is 0 Å². The first kappa shape index (κ1) is 31.6. The van der Waals surface area contributed by atoms with Crippen LogP contribution in [0.5, 0.6) is 5.75 Å². The molecule has 2 amide bonds. The predicted octanol–water partition coefficient (Wildman–Crippen LogP) is 5.34. The van der Waals surface area contributed by atoms with Gasteiger partial charge in [-0.25, -0.2) is 13.8 Å². The molecule has 222 valence electrons.